The van der Waals surface area contributed by atoms with Crippen molar-refractivity contribution < 1.29 is 23.5 Å². The minimum Gasteiger partial charge on any atom is -0.497 e. The fraction of sp³-hybridized carbons (Fsp3) is 0.154. The van der Waals surface area contributed by atoms with Gasteiger partial charge in [-0.25, -0.2) is 9.29 Å². The summed E-state index contributed by atoms with van der Waals surface area (Å²) in [6.07, 6.45) is -0.00592. The number of rotatable bonds is 7. The number of hydrogen-bond donors (Lipinski definition) is 1. The molecule has 0 saturated carbocycles. The van der Waals surface area contributed by atoms with Crippen LogP contribution in [0.1, 0.15) is 19.4 Å². The molecule has 0 spiro atoms. The third-order valence-corrected chi connectivity index (χ3v) is 5.05. The molecule has 1 N–H and O–H groups in total. The number of carbonyl (C=O) groups is 2. The molecule has 0 radical (unpaired) electrons. The molecule has 7 heteroatoms. The third kappa shape index (κ3) is 4.43. The van der Waals surface area contributed by atoms with Gasteiger partial charge >= 0.3 is 0 Å². The van der Waals surface area contributed by atoms with Crippen molar-refractivity contribution >= 4 is 28.8 Å². The van der Waals surface area contributed by atoms with Gasteiger partial charge in [0.15, 0.2) is 0 Å². The molecule has 0 bridgehead atoms. The Hall–Kier alpha value is -4.13. The van der Waals surface area contributed by atoms with E-state index in [1.165, 1.54) is 18.2 Å². The van der Waals surface area contributed by atoms with Gasteiger partial charge in [0, 0.05) is 5.69 Å². The first kappa shape index (κ1) is 22.1. The lowest BCUT2D eigenvalue weighted by molar-refractivity contribution is -0.120. The number of ether oxygens (including phenoxy) is 2. The van der Waals surface area contributed by atoms with Crippen molar-refractivity contribution in [3.05, 3.63) is 89.9 Å². The lowest BCUT2D eigenvalue weighted by Crippen LogP contribution is -2.33. The van der Waals surface area contributed by atoms with Crippen molar-refractivity contribution in [2.45, 2.75) is 20.0 Å². The SMILES string of the molecule is COc1ccc(NC2=C(c3ccc(OC(C)C)cc3)C(=O)N(c3ccccc3F)C2=O)cc1. The van der Waals surface area contributed by atoms with Crippen LogP contribution in [0.5, 0.6) is 11.5 Å². The highest BCUT2D eigenvalue weighted by Gasteiger charge is 2.41. The second-order valence-corrected chi connectivity index (χ2v) is 7.69. The van der Waals surface area contributed by atoms with Gasteiger partial charge < -0.3 is 14.8 Å². The summed E-state index contributed by atoms with van der Waals surface area (Å²) in [6, 6.07) is 19.5. The van der Waals surface area contributed by atoms with Crippen LogP contribution < -0.4 is 19.7 Å². The fourth-order valence-electron chi connectivity index (χ4n) is 3.56. The first-order valence-corrected chi connectivity index (χ1v) is 10.4. The van der Waals surface area contributed by atoms with Crippen LogP contribution in [0, 0.1) is 5.82 Å². The monoisotopic (exact) mass is 446 g/mol. The second kappa shape index (κ2) is 9.16. The summed E-state index contributed by atoms with van der Waals surface area (Å²) in [4.78, 5) is 27.6. The number of methoxy groups -OCH3 is 1. The number of imide groups is 1. The zero-order chi connectivity index (χ0) is 23.5. The average Bonchev–Trinajstić information content (AvgIpc) is 3.04. The van der Waals surface area contributed by atoms with Crippen LogP contribution in [0.25, 0.3) is 5.57 Å². The van der Waals surface area contributed by atoms with Crippen molar-refractivity contribution in [3.63, 3.8) is 0 Å². The van der Waals surface area contributed by atoms with Gasteiger partial charge in [0.25, 0.3) is 11.8 Å². The van der Waals surface area contributed by atoms with Gasteiger partial charge in [0.1, 0.15) is 23.0 Å². The summed E-state index contributed by atoms with van der Waals surface area (Å²) in [7, 11) is 1.56. The number of halogens is 1. The Kier molecular flexibility index (Phi) is 6.13. The average molecular weight is 446 g/mol. The molecular weight excluding hydrogens is 423 g/mol. The molecule has 0 saturated heterocycles. The molecule has 33 heavy (non-hydrogen) atoms. The van der Waals surface area contributed by atoms with Crippen LogP contribution in [-0.2, 0) is 9.59 Å². The Balaban J connectivity index is 1.77. The van der Waals surface area contributed by atoms with E-state index < -0.39 is 17.6 Å². The van der Waals surface area contributed by atoms with Gasteiger partial charge in [-0.15, -0.1) is 0 Å². The Morgan fingerprint density at radius 2 is 1.48 bits per heavy atom. The minimum absolute atomic E-state index is 0.00592. The number of nitrogens with zero attached hydrogens (tertiary/aromatic N) is 1. The molecular formula is C26H23FN2O4. The number of amides is 2. The summed E-state index contributed by atoms with van der Waals surface area (Å²) in [6.45, 7) is 3.83. The van der Waals surface area contributed by atoms with E-state index in [1.54, 1.807) is 61.7 Å². The van der Waals surface area contributed by atoms with Crippen LogP contribution in [0.3, 0.4) is 0 Å². The molecule has 6 nitrogen and oxygen atoms in total. The number of carbonyl (C=O) groups excluding carboxylic acids is 2. The molecule has 0 aromatic heterocycles. The molecule has 0 unspecified atom stereocenters. The maximum absolute atomic E-state index is 14.5. The van der Waals surface area contributed by atoms with Crippen molar-refractivity contribution in [1.82, 2.24) is 0 Å². The van der Waals surface area contributed by atoms with Crippen LogP contribution >= 0.6 is 0 Å². The normalized spacial score (nSPS) is 13.7. The van der Waals surface area contributed by atoms with Gasteiger partial charge in [0.05, 0.1) is 24.5 Å². The molecule has 0 atom stereocenters. The minimum atomic E-state index is -0.662. The fourth-order valence-corrected chi connectivity index (χ4v) is 3.56. The lowest BCUT2D eigenvalue weighted by Gasteiger charge is -2.16. The predicted octanol–water partition coefficient (Wildman–Crippen LogP) is 5.02. The zero-order valence-corrected chi connectivity index (χ0v) is 18.5. The quantitative estimate of drug-likeness (QED) is 0.517. The second-order valence-electron chi connectivity index (χ2n) is 7.69. The number of benzene rings is 3. The van der Waals surface area contributed by atoms with E-state index in [1.807, 2.05) is 13.8 Å². The third-order valence-electron chi connectivity index (χ3n) is 5.05. The Morgan fingerprint density at radius 1 is 0.848 bits per heavy atom. The van der Waals surface area contributed by atoms with Crippen molar-refractivity contribution in [1.29, 1.82) is 0 Å². The molecule has 1 aliphatic rings. The van der Waals surface area contributed by atoms with E-state index >= 15 is 0 Å². The molecule has 0 fully saturated rings. The molecule has 2 amide bonds. The number of para-hydroxylation sites is 1. The first-order chi connectivity index (χ1) is 15.9. The standard InChI is InChI=1S/C26H23FN2O4/c1-16(2)33-20-12-8-17(9-13-20)23-24(28-18-10-14-19(32-3)15-11-18)26(31)29(25(23)30)22-7-5-4-6-21(22)27/h4-16,28H,1-3H3. The summed E-state index contributed by atoms with van der Waals surface area (Å²) in [5.74, 6) is -0.624. The summed E-state index contributed by atoms with van der Waals surface area (Å²) < 4.78 is 25.4. The van der Waals surface area contributed by atoms with E-state index in [4.69, 9.17) is 9.47 Å². The van der Waals surface area contributed by atoms with Gasteiger partial charge in [-0.2, -0.15) is 0 Å². The van der Waals surface area contributed by atoms with Gasteiger partial charge in [-0.3, -0.25) is 9.59 Å². The van der Waals surface area contributed by atoms with Crippen LogP contribution in [-0.4, -0.2) is 25.0 Å². The van der Waals surface area contributed by atoms with E-state index in [0.717, 1.165) is 4.90 Å². The van der Waals surface area contributed by atoms with Crippen LogP contribution in [0.15, 0.2) is 78.5 Å². The smallest absolute Gasteiger partial charge is 0.282 e. The molecule has 3 aromatic rings. The topological polar surface area (TPSA) is 67.9 Å². The highest BCUT2D eigenvalue weighted by molar-refractivity contribution is 6.46. The molecule has 1 aliphatic heterocycles. The summed E-state index contributed by atoms with van der Waals surface area (Å²) in [5, 5.41) is 3.05. The Bertz CT molecular complexity index is 1220. The van der Waals surface area contributed by atoms with E-state index in [0.29, 0.717) is 22.7 Å². The highest BCUT2D eigenvalue weighted by Crippen LogP contribution is 2.35. The van der Waals surface area contributed by atoms with Gasteiger partial charge in [-0.05, 0) is 67.9 Å². The van der Waals surface area contributed by atoms with Gasteiger partial charge in [0.2, 0.25) is 0 Å². The molecule has 0 aliphatic carbocycles. The van der Waals surface area contributed by atoms with Gasteiger partial charge in [-0.1, -0.05) is 24.3 Å². The summed E-state index contributed by atoms with van der Waals surface area (Å²) in [5.41, 5.74) is 1.20. The number of hydrogen-bond acceptors (Lipinski definition) is 5. The highest BCUT2D eigenvalue weighted by atomic mass is 19.1. The van der Waals surface area contributed by atoms with Crippen molar-refractivity contribution in [2.24, 2.45) is 0 Å². The Labute approximate surface area is 191 Å². The zero-order valence-electron chi connectivity index (χ0n) is 18.5. The largest absolute Gasteiger partial charge is 0.497 e. The van der Waals surface area contributed by atoms with E-state index in [9.17, 15) is 14.0 Å². The molecule has 168 valence electrons. The van der Waals surface area contributed by atoms with Crippen LogP contribution in [0.2, 0.25) is 0 Å². The van der Waals surface area contributed by atoms with Crippen LogP contribution in [0.4, 0.5) is 15.8 Å². The van der Waals surface area contributed by atoms with E-state index in [2.05, 4.69) is 5.32 Å². The maximum atomic E-state index is 14.5. The molecule has 1 heterocycles. The summed E-state index contributed by atoms with van der Waals surface area (Å²) >= 11 is 0. The molecule has 4 rings (SSSR count). The number of nitrogens with one attached hydrogen (secondary N) is 1. The first-order valence-electron chi connectivity index (χ1n) is 10.4. The lowest BCUT2D eigenvalue weighted by atomic mass is 10.0. The van der Waals surface area contributed by atoms with Crippen molar-refractivity contribution in [3.8, 4) is 11.5 Å². The number of anilines is 2. The van der Waals surface area contributed by atoms with E-state index in [-0.39, 0.29) is 23.1 Å². The Morgan fingerprint density at radius 3 is 2.09 bits per heavy atom. The molecule has 3 aromatic carbocycles. The maximum Gasteiger partial charge on any atom is 0.282 e. The van der Waals surface area contributed by atoms with Crippen molar-refractivity contribution in [2.75, 3.05) is 17.3 Å². The predicted molar refractivity (Wildman–Crippen MR) is 125 cm³/mol.